The van der Waals surface area contributed by atoms with Gasteiger partial charge in [-0.25, -0.2) is 0 Å². The molecular formula is C7H13Cl3O5P+. The van der Waals surface area contributed by atoms with Gasteiger partial charge in [-0.3, -0.25) is 0 Å². The van der Waals surface area contributed by atoms with Crippen LogP contribution in [0.1, 0.15) is 13.8 Å². The molecule has 0 aliphatic rings. The Morgan fingerprint density at radius 3 is 2.31 bits per heavy atom. The zero-order valence-electron chi connectivity index (χ0n) is 8.73. The SMILES string of the molecule is CC(O)COC(C)CO[P+](=O)OC(Cl)(Cl)Cl. The van der Waals surface area contributed by atoms with Crippen molar-refractivity contribution < 1.29 is 23.5 Å². The highest BCUT2D eigenvalue weighted by molar-refractivity contribution is 7.33. The molecule has 96 valence electrons. The maximum absolute atomic E-state index is 11.0. The monoisotopic (exact) mass is 313 g/mol. The van der Waals surface area contributed by atoms with Crippen molar-refractivity contribution in [2.24, 2.45) is 0 Å². The lowest BCUT2D eigenvalue weighted by molar-refractivity contribution is -0.0143. The fraction of sp³-hybridized carbons (Fsp3) is 1.00. The van der Waals surface area contributed by atoms with Crippen LogP contribution in [0.25, 0.3) is 0 Å². The molecule has 0 fully saturated rings. The van der Waals surface area contributed by atoms with Gasteiger partial charge >= 0.3 is 12.2 Å². The molecule has 0 amide bonds. The van der Waals surface area contributed by atoms with Gasteiger partial charge in [0.05, 0.1) is 18.8 Å². The van der Waals surface area contributed by atoms with Gasteiger partial charge in [0, 0.05) is 4.57 Å². The average Bonchev–Trinajstić information content (AvgIpc) is 2.08. The lowest BCUT2D eigenvalue weighted by Gasteiger charge is -2.11. The second-order valence-electron chi connectivity index (χ2n) is 3.05. The van der Waals surface area contributed by atoms with E-state index in [-0.39, 0.29) is 19.3 Å². The maximum atomic E-state index is 11.0. The molecule has 5 nitrogen and oxygen atoms in total. The second-order valence-corrected chi connectivity index (χ2v) is 6.11. The van der Waals surface area contributed by atoms with E-state index in [1.54, 1.807) is 13.8 Å². The molecule has 3 atom stereocenters. The first-order valence-corrected chi connectivity index (χ1v) is 6.59. The molecule has 0 saturated carbocycles. The number of hydrogen-bond acceptors (Lipinski definition) is 5. The van der Waals surface area contributed by atoms with Crippen molar-refractivity contribution in [3.63, 3.8) is 0 Å². The normalized spacial score (nSPS) is 17.0. The number of aliphatic hydroxyl groups is 1. The molecule has 1 N–H and O–H groups in total. The fourth-order valence-corrected chi connectivity index (χ4v) is 1.69. The summed E-state index contributed by atoms with van der Waals surface area (Å²) in [7, 11) is -2.52. The Bertz CT molecular complexity index is 221. The predicted octanol–water partition coefficient (Wildman–Crippen LogP) is 2.79. The summed E-state index contributed by atoms with van der Waals surface area (Å²) in [5.41, 5.74) is 0. The van der Waals surface area contributed by atoms with E-state index in [0.717, 1.165) is 0 Å². The van der Waals surface area contributed by atoms with E-state index >= 15 is 0 Å². The molecule has 0 saturated heterocycles. The summed E-state index contributed by atoms with van der Waals surface area (Å²) in [6.45, 7) is 3.43. The molecule has 0 bridgehead atoms. The van der Waals surface area contributed by atoms with Crippen LogP contribution >= 0.6 is 43.1 Å². The summed E-state index contributed by atoms with van der Waals surface area (Å²) in [6.07, 6.45) is -0.929. The van der Waals surface area contributed by atoms with Crippen LogP contribution in [0.2, 0.25) is 0 Å². The molecule has 0 aromatic rings. The highest BCUT2D eigenvalue weighted by Gasteiger charge is 2.37. The van der Waals surface area contributed by atoms with E-state index in [2.05, 4.69) is 4.52 Å². The van der Waals surface area contributed by atoms with Gasteiger partial charge in [-0.15, -0.1) is 4.52 Å². The zero-order valence-corrected chi connectivity index (χ0v) is 11.9. The largest absolute Gasteiger partial charge is 0.701 e. The summed E-state index contributed by atoms with van der Waals surface area (Å²) >= 11 is 15.7. The predicted molar refractivity (Wildman–Crippen MR) is 62.0 cm³/mol. The summed E-state index contributed by atoms with van der Waals surface area (Å²) in [5.74, 6) is 0. The summed E-state index contributed by atoms with van der Waals surface area (Å²) < 4.78 is 23.2. The van der Waals surface area contributed by atoms with Crippen LogP contribution in [0.3, 0.4) is 0 Å². The number of halogens is 3. The van der Waals surface area contributed by atoms with Crippen LogP contribution in [0, 0.1) is 0 Å². The summed E-state index contributed by atoms with van der Waals surface area (Å²) in [5, 5.41) is 8.93. The highest BCUT2D eigenvalue weighted by atomic mass is 35.6. The number of rotatable bonds is 7. The first kappa shape index (κ1) is 16.8. The molecule has 0 aliphatic carbocycles. The third-order valence-electron chi connectivity index (χ3n) is 1.21. The Hall–Kier alpha value is 0.810. The minimum absolute atomic E-state index is 0.00265. The third-order valence-corrected chi connectivity index (χ3v) is 2.55. The van der Waals surface area contributed by atoms with E-state index < -0.39 is 18.3 Å². The lowest BCUT2D eigenvalue weighted by Crippen LogP contribution is -2.20. The van der Waals surface area contributed by atoms with Crippen molar-refractivity contribution in [1.82, 2.24) is 0 Å². The van der Waals surface area contributed by atoms with Gasteiger partial charge in [-0.1, -0.05) is 4.52 Å². The molecular weight excluding hydrogens is 301 g/mol. The van der Waals surface area contributed by atoms with Crippen LogP contribution < -0.4 is 0 Å². The Morgan fingerprint density at radius 1 is 1.31 bits per heavy atom. The van der Waals surface area contributed by atoms with Crippen LogP contribution in [-0.2, 0) is 18.3 Å². The maximum Gasteiger partial charge on any atom is 0.701 e. The second kappa shape index (κ2) is 8.01. The minimum Gasteiger partial charge on any atom is -0.391 e. The average molecular weight is 315 g/mol. The molecule has 0 aromatic heterocycles. The first-order chi connectivity index (χ1) is 7.20. The number of ether oxygens (including phenoxy) is 1. The smallest absolute Gasteiger partial charge is 0.391 e. The number of hydrogen-bond donors (Lipinski definition) is 1. The quantitative estimate of drug-likeness (QED) is 0.578. The van der Waals surface area contributed by atoms with Crippen LogP contribution in [0.15, 0.2) is 0 Å². The highest BCUT2D eigenvalue weighted by Crippen LogP contribution is 2.39. The summed E-state index contributed by atoms with van der Waals surface area (Å²) in [4.78, 5) is 0. The molecule has 0 radical (unpaired) electrons. The van der Waals surface area contributed by atoms with Crippen molar-refractivity contribution >= 4 is 43.1 Å². The third kappa shape index (κ3) is 11.3. The van der Waals surface area contributed by atoms with E-state index in [0.29, 0.717) is 0 Å². The molecule has 0 heterocycles. The molecule has 0 spiro atoms. The van der Waals surface area contributed by atoms with Gasteiger partial charge in [0.1, 0.15) is 6.61 Å². The van der Waals surface area contributed by atoms with Crippen LogP contribution in [0.5, 0.6) is 0 Å². The lowest BCUT2D eigenvalue weighted by atomic mass is 10.4. The number of alkyl halides is 3. The van der Waals surface area contributed by atoms with Crippen molar-refractivity contribution in [3.05, 3.63) is 0 Å². The van der Waals surface area contributed by atoms with Gasteiger partial charge in [-0.2, -0.15) is 0 Å². The van der Waals surface area contributed by atoms with E-state index in [1.165, 1.54) is 0 Å². The van der Waals surface area contributed by atoms with E-state index in [9.17, 15) is 4.57 Å². The minimum atomic E-state index is -2.52. The van der Waals surface area contributed by atoms with Crippen molar-refractivity contribution in [3.8, 4) is 0 Å². The first-order valence-electron chi connectivity index (χ1n) is 4.36. The Morgan fingerprint density at radius 2 is 1.88 bits per heavy atom. The van der Waals surface area contributed by atoms with Crippen molar-refractivity contribution in [1.29, 1.82) is 0 Å². The molecule has 3 unspecified atom stereocenters. The Balaban J connectivity index is 3.67. The van der Waals surface area contributed by atoms with Crippen LogP contribution in [-0.4, -0.2) is 34.5 Å². The Labute approximate surface area is 110 Å². The van der Waals surface area contributed by atoms with Gasteiger partial charge in [0.15, 0.2) is 0 Å². The fourth-order valence-electron chi connectivity index (χ4n) is 0.628. The van der Waals surface area contributed by atoms with Gasteiger partial charge < -0.3 is 9.84 Å². The molecule has 0 aliphatic heterocycles. The zero-order chi connectivity index (χ0) is 12.8. The molecule has 0 rings (SSSR count). The van der Waals surface area contributed by atoms with E-state index in [1.807, 2.05) is 0 Å². The molecule has 0 aromatic carbocycles. The van der Waals surface area contributed by atoms with Gasteiger partial charge in [0.2, 0.25) is 0 Å². The topological polar surface area (TPSA) is 65.0 Å². The van der Waals surface area contributed by atoms with Crippen molar-refractivity contribution in [2.45, 2.75) is 30.0 Å². The Kier molecular flexibility index (Phi) is 8.41. The summed E-state index contributed by atoms with van der Waals surface area (Å²) in [6, 6.07) is 0. The van der Waals surface area contributed by atoms with Gasteiger partial charge in [0.25, 0.3) is 0 Å². The molecule has 16 heavy (non-hydrogen) atoms. The van der Waals surface area contributed by atoms with Crippen LogP contribution in [0.4, 0.5) is 0 Å². The van der Waals surface area contributed by atoms with Gasteiger partial charge in [-0.05, 0) is 48.7 Å². The molecule has 9 heteroatoms. The number of aliphatic hydroxyl groups excluding tert-OH is 1. The van der Waals surface area contributed by atoms with Crippen molar-refractivity contribution in [2.75, 3.05) is 13.2 Å². The standard InChI is InChI=1S/C7H13Cl3O5P/c1-5(11)3-13-6(2)4-14-16(12)15-7(8,9)10/h5-6,11H,3-4H2,1-2H3/q+1. The van der Waals surface area contributed by atoms with E-state index in [4.69, 9.17) is 49.2 Å².